The zero-order chi connectivity index (χ0) is 28.3. The second-order valence-corrected chi connectivity index (χ2v) is 9.43. The number of nitrogens with zero attached hydrogens (tertiary/aromatic N) is 5. The number of hydrogen-bond acceptors (Lipinski definition) is 7. The topological polar surface area (TPSA) is 128 Å². The lowest BCUT2D eigenvalue weighted by molar-refractivity contribution is 0.0698. The Morgan fingerprint density at radius 1 is 1.12 bits per heavy atom. The number of ether oxygens (including phenoxy) is 2. The number of hydrogen-bond donors (Lipinski definition) is 2. The Labute approximate surface area is 233 Å². The minimum absolute atomic E-state index is 0.0533. The average molecular weight is 553 g/mol. The van der Waals surface area contributed by atoms with Gasteiger partial charge in [-0.3, -0.25) is 4.57 Å². The summed E-state index contributed by atoms with van der Waals surface area (Å²) in [5.41, 5.74) is 3.79. The summed E-state index contributed by atoms with van der Waals surface area (Å²) in [5, 5.41) is 24.3. The van der Waals surface area contributed by atoms with Crippen molar-refractivity contribution in [2.45, 2.75) is 19.9 Å². The lowest BCUT2D eigenvalue weighted by atomic mass is 9.90. The van der Waals surface area contributed by atoms with E-state index >= 15 is 0 Å². The van der Waals surface area contributed by atoms with Crippen LogP contribution in [0.4, 0.5) is 4.39 Å². The van der Waals surface area contributed by atoms with Crippen molar-refractivity contribution in [2.24, 2.45) is 5.92 Å². The standard InChI is InChI=1S/C30H25FN6O4/c1-2-40-30-32-26-8-4-7-24(29(38)39)27(26)37(30)17-18-9-11-19(12-10-18)25-16-22(41-21-6-3-5-20(31)15-21)13-14-23(25)28-33-35-36-34-28/h3-9,11-16,18H,2,10,17H2,1H3,(H,38,39)(H,33,34,35,36). The Morgan fingerprint density at radius 2 is 1.98 bits per heavy atom. The molecule has 11 heteroatoms. The minimum Gasteiger partial charge on any atom is -0.478 e. The fourth-order valence-corrected chi connectivity index (χ4v) is 4.94. The van der Waals surface area contributed by atoms with Crippen LogP contribution in [0, 0.1) is 11.7 Å². The van der Waals surface area contributed by atoms with Gasteiger partial charge in [0.2, 0.25) is 5.82 Å². The number of rotatable bonds is 9. The van der Waals surface area contributed by atoms with E-state index in [0.717, 1.165) is 16.7 Å². The number of halogens is 1. The van der Waals surface area contributed by atoms with Gasteiger partial charge in [0, 0.05) is 18.2 Å². The van der Waals surface area contributed by atoms with Gasteiger partial charge in [-0.15, -0.1) is 10.2 Å². The molecule has 0 spiro atoms. The average Bonchev–Trinajstić information content (AvgIpc) is 3.62. The normalized spacial score (nSPS) is 14.7. The van der Waals surface area contributed by atoms with Gasteiger partial charge in [0.25, 0.3) is 6.01 Å². The van der Waals surface area contributed by atoms with Gasteiger partial charge in [-0.1, -0.05) is 30.4 Å². The largest absolute Gasteiger partial charge is 0.478 e. The number of benzene rings is 3. The number of carboxylic acid groups (broad SMARTS) is 1. The third-order valence-corrected chi connectivity index (χ3v) is 6.76. The number of allylic oxidation sites excluding steroid dienone is 4. The van der Waals surface area contributed by atoms with E-state index in [4.69, 9.17) is 9.47 Å². The van der Waals surface area contributed by atoms with Crippen molar-refractivity contribution in [1.29, 1.82) is 0 Å². The molecular weight excluding hydrogens is 527 g/mol. The molecule has 0 saturated carbocycles. The molecule has 0 radical (unpaired) electrons. The highest BCUT2D eigenvalue weighted by molar-refractivity contribution is 6.01. The van der Waals surface area contributed by atoms with E-state index < -0.39 is 5.97 Å². The first-order chi connectivity index (χ1) is 20.0. The Balaban J connectivity index is 1.31. The molecule has 2 aromatic heterocycles. The Hall–Kier alpha value is -5.32. The van der Waals surface area contributed by atoms with E-state index in [9.17, 15) is 14.3 Å². The summed E-state index contributed by atoms with van der Waals surface area (Å²) >= 11 is 0. The van der Waals surface area contributed by atoms with Gasteiger partial charge < -0.3 is 14.6 Å². The second-order valence-electron chi connectivity index (χ2n) is 9.43. The van der Waals surface area contributed by atoms with Crippen LogP contribution in [0.1, 0.15) is 29.3 Å². The van der Waals surface area contributed by atoms with Crippen molar-refractivity contribution in [3.63, 3.8) is 0 Å². The zero-order valence-corrected chi connectivity index (χ0v) is 22.0. The molecule has 0 aliphatic heterocycles. The molecule has 1 aliphatic carbocycles. The highest BCUT2D eigenvalue weighted by Gasteiger charge is 2.22. The number of para-hydroxylation sites is 1. The number of imidazole rings is 1. The summed E-state index contributed by atoms with van der Waals surface area (Å²) in [6, 6.07) is 16.9. The van der Waals surface area contributed by atoms with E-state index in [2.05, 4.69) is 37.8 Å². The third-order valence-electron chi connectivity index (χ3n) is 6.76. The molecule has 206 valence electrons. The van der Waals surface area contributed by atoms with Crippen LogP contribution in [0.25, 0.3) is 28.0 Å². The molecule has 2 N–H and O–H groups in total. The number of aromatic carboxylic acids is 1. The summed E-state index contributed by atoms with van der Waals surface area (Å²) in [4.78, 5) is 16.5. The summed E-state index contributed by atoms with van der Waals surface area (Å²) < 4.78 is 27.3. The lowest BCUT2D eigenvalue weighted by Crippen LogP contribution is -2.13. The number of H-pyrrole nitrogens is 1. The van der Waals surface area contributed by atoms with Crippen LogP contribution in [0.3, 0.4) is 0 Å². The summed E-state index contributed by atoms with van der Waals surface area (Å²) in [6.07, 6.45) is 6.87. The van der Waals surface area contributed by atoms with E-state index in [1.807, 2.05) is 29.7 Å². The fourth-order valence-electron chi connectivity index (χ4n) is 4.94. The zero-order valence-electron chi connectivity index (χ0n) is 22.0. The van der Waals surface area contributed by atoms with E-state index in [1.54, 1.807) is 36.4 Å². The molecule has 1 atom stereocenters. The molecule has 0 saturated heterocycles. The number of tetrazole rings is 1. The molecule has 0 bridgehead atoms. The molecule has 1 aliphatic rings. The van der Waals surface area contributed by atoms with Crippen molar-refractivity contribution in [3.8, 4) is 28.9 Å². The van der Waals surface area contributed by atoms with Gasteiger partial charge in [-0.2, -0.15) is 10.2 Å². The van der Waals surface area contributed by atoms with Crippen LogP contribution >= 0.6 is 0 Å². The summed E-state index contributed by atoms with van der Waals surface area (Å²) in [7, 11) is 0. The van der Waals surface area contributed by atoms with Crippen molar-refractivity contribution < 1.29 is 23.8 Å². The molecule has 5 aromatic rings. The van der Waals surface area contributed by atoms with Crippen LogP contribution in [0.2, 0.25) is 0 Å². The van der Waals surface area contributed by atoms with Gasteiger partial charge in [-0.05, 0) is 78.1 Å². The second kappa shape index (κ2) is 11.0. The van der Waals surface area contributed by atoms with Gasteiger partial charge in [-0.25, -0.2) is 9.18 Å². The first-order valence-electron chi connectivity index (χ1n) is 13.1. The maximum Gasteiger partial charge on any atom is 0.337 e. The van der Waals surface area contributed by atoms with Crippen LogP contribution in [0.5, 0.6) is 17.5 Å². The molecule has 1 unspecified atom stereocenters. The summed E-state index contributed by atoms with van der Waals surface area (Å²) in [6.45, 7) is 2.75. The molecule has 2 heterocycles. The first kappa shape index (κ1) is 25.9. The molecule has 10 nitrogen and oxygen atoms in total. The van der Waals surface area contributed by atoms with Crippen molar-refractivity contribution >= 4 is 22.6 Å². The maximum atomic E-state index is 13.7. The molecule has 3 aromatic carbocycles. The quantitative estimate of drug-likeness (QED) is 0.231. The number of carbonyl (C=O) groups is 1. The molecule has 0 fully saturated rings. The Morgan fingerprint density at radius 3 is 2.71 bits per heavy atom. The smallest absolute Gasteiger partial charge is 0.337 e. The number of nitrogens with one attached hydrogen (secondary N) is 1. The monoisotopic (exact) mass is 552 g/mol. The van der Waals surface area contributed by atoms with Crippen LogP contribution in [0.15, 0.2) is 78.9 Å². The SMILES string of the molecule is CCOc1nc2cccc(C(=O)O)c2n1CC1C=CC(c2cc(Oc3cccc(F)c3)ccc2-c2nn[nH]n2)=CC1. The number of aromatic amines is 1. The Kier molecular flexibility index (Phi) is 6.99. The van der Waals surface area contributed by atoms with Gasteiger partial charge in [0.15, 0.2) is 0 Å². The van der Waals surface area contributed by atoms with Crippen LogP contribution < -0.4 is 9.47 Å². The van der Waals surface area contributed by atoms with Gasteiger partial charge in [0.05, 0.1) is 23.2 Å². The highest BCUT2D eigenvalue weighted by Crippen LogP contribution is 2.36. The molecule has 0 amide bonds. The Bertz CT molecular complexity index is 1790. The van der Waals surface area contributed by atoms with E-state index in [1.165, 1.54) is 12.1 Å². The number of carboxylic acids is 1. The summed E-state index contributed by atoms with van der Waals surface area (Å²) in [5.74, 6) is -0.00503. The van der Waals surface area contributed by atoms with Gasteiger partial charge in [0.1, 0.15) is 17.3 Å². The number of fused-ring (bicyclic) bond motifs is 1. The van der Waals surface area contributed by atoms with E-state index in [-0.39, 0.29) is 17.3 Å². The highest BCUT2D eigenvalue weighted by atomic mass is 19.1. The maximum absolute atomic E-state index is 13.7. The van der Waals surface area contributed by atoms with Crippen LogP contribution in [-0.4, -0.2) is 47.9 Å². The molecule has 6 rings (SSSR count). The predicted molar refractivity (Wildman–Crippen MR) is 149 cm³/mol. The van der Waals surface area contributed by atoms with Crippen molar-refractivity contribution in [3.05, 3.63) is 95.8 Å². The number of aromatic nitrogens is 6. The van der Waals surface area contributed by atoms with Gasteiger partial charge >= 0.3 is 5.97 Å². The molecular formula is C30H25FN6O4. The van der Waals surface area contributed by atoms with Crippen molar-refractivity contribution in [2.75, 3.05) is 6.61 Å². The first-order valence-corrected chi connectivity index (χ1v) is 13.1. The molecule has 41 heavy (non-hydrogen) atoms. The van der Waals surface area contributed by atoms with E-state index in [0.29, 0.717) is 53.9 Å². The van der Waals surface area contributed by atoms with Crippen molar-refractivity contribution in [1.82, 2.24) is 30.2 Å². The predicted octanol–water partition coefficient (Wildman–Crippen LogP) is 5.90. The fraction of sp³-hybridized carbons (Fsp3) is 0.167. The van der Waals surface area contributed by atoms with Crippen LogP contribution in [-0.2, 0) is 6.54 Å². The lowest BCUT2D eigenvalue weighted by Gasteiger charge is -2.20. The minimum atomic E-state index is -1.02. The third kappa shape index (κ3) is 5.29.